The van der Waals surface area contributed by atoms with Gasteiger partial charge >= 0.3 is 0 Å². The molecule has 1 amide bonds. The molecule has 25 heavy (non-hydrogen) atoms. The van der Waals surface area contributed by atoms with Crippen LogP contribution in [0.3, 0.4) is 0 Å². The SMILES string of the molecule is Cc1cccnc1N/C=C(/C#N)C(=O)Nc1ccc(S(=O)(=O)O)cc1. The summed E-state index contributed by atoms with van der Waals surface area (Å²) in [4.78, 5) is 15.9. The second-order valence-electron chi connectivity index (χ2n) is 4.94. The first-order valence-corrected chi connectivity index (χ1v) is 8.42. The zero-order chi connectivity index (χ0) is 18.4. The van der Waals surface area contributed by atoms with Gasteiger partial charge in [-0.3, -0.25) is 9.35 Å². The lowest BCUT2D eigenvalue weighted by atomic mass is 10.2. The number of nitrogens with zero attached hydrogens (tertiary/aromatic N) is 2. The van der Waals surface area contributed by atoms with Crippen molar-refractivity contribution in [1.82, 2.24) is 4.98 Å². The summed E-state index contributed by atoms with van der Waals surface area (Å²) in [6.45, 7) is 1.83. The van der Waals surface area contributed by atoms with Crippen LogP contribution < -0.4 is 10.6 Å². The maximum atomic E-state index is 12.1. The van der Waals surface area contributed by atoms with Crippen LogP contribution in [0.1, 0.15) is 5.56 Å². The van der Waals surface area contributed by atoms with Crippen LogP contribution in [0.4, 0.5) is 11.5 Å². The van der Waals surface area contributed by atoms with E-state index in [1.807, 2.05) is 13.0 Å². The van der Waals surface area contributed by atoms with Gasteiger partial charge in [0.05, 0.1) is 4.90 Å². The average Bonchev–Trinajstić information content (AvgIpc) is 2.56. The highest BCUT2D eigenvalue weighted by atomic mass is 32.2. The van der Waals surface area contributed by atoms with E-state index in [2.05, 4.69) is 15.6 Å². The Balaban J connectivity index is 2.11. The van der Waals surface area contributed by atoms with Crippen molar-refractivity contribution in [2.75, 3.05) is 10.6 Å². The second-order valence-corrected chi connectivity index (χ2v) is 6.36. The molecule has 0 aliphatic heterocycles. The van der Waals surface area contributed by atoms with E-state index in [0.717, 1.165) is 17.7 Å². The molecule has 1 heterocycles. The van der Waals surface area contributed by atoms with Gasteiger partial charge in [0.25, 0.3) is 16.0 Å². The monoisotopic (exact) mass is 358 g/mol. The minimum Gasteiger partial charge on any atom is -0.345 e. The van der Waals surface area contributed by atoms with E-state index in [-0.39, 0.29) is 16.2 Å². The number of aryl methyl sites for hydroxylation is 1. The molecule has 8 nitrogen and oxygen atoms in total. The van der Waals surface area contributed by atoms with Gasteiger partial charge < -0.3 is 10.6 Å². The average molecular weight is 358 g/mol. The van der Waals surface area contributed by atoms with Crippen LogP contribution in [-0.4, -0.2) is 23.9 Å². The summed E-state index contributed by atoms with van der Waals surface area (Å²) in [6, 6.07) is 10.2. The van der Waals surface area contributed by atoms with E-state index in [0.29, 0.717) is 5.82 Å². The molecular weight excluding hydrogens is 344 g/mol. The summed E-state index contributed by atoms with van der Waals surface area (Å²) in [5, 5.41) is 14.4. The van der Waals surface area contributed by atoms with Gasteiger partial charge in [-0.1, -0.05) is 6.07 Å². The number of hydrogen-bond donors (Lipinski definition) is 3. The maximum Gasteiger partial charge on any atom is 0.294 e. The number of rotatable bonds is 5. The molecule has 0 radical (unpaired) electrons. The van der Waals surface area contributed by atoms with Gasteiger partial charge in [-0.15, -0.1) is 0 Å². The van der Waals surface area contributed by atoms with Crippen molar-refractivity contribution < 1.29 is 17.8 Å². The molecule has 2 aromatic rings. The third kappa shape index (κ3) is 4.87. The van der Waals surface area contributed by atoms with Crippen LogP contribution >= 0.6 is 0 Å². The fourth-order valence-corrected chi connectivity index (χ4v) is 2.31. The quantitative estimate of drug-likeness (QED) is 0.423. The Morgan fingerprint density at radius 3 is 2.52 bits per heavy atom. The second kappa shape index (κ2) is 7.57. The van der Waals surface area contributed by atoms with Crippen molar-refractivity contribution >= 4 is 27.5 Å². The Morgan fingerprint density at radius 2 is 1.96 bits per heavy atom. The van der Waals surface area contributed by atoms with E-state index in [9.17, 15) is 13.2 Å². The Hall–Kier alpha value is -3.22. The first-order chi connectivity index (χ1) is 11.8. The van der Waals surface area contributed by atoms with Crippen LogP contribution in [0.15, 0.2) is 59.3 Å². The molecule has 0 saturated heterocycles. The Kier molecular flexibility index (Phi) is 5.49. The van der Waals surface area contributed by atoms with E-state index >= 15 is 0 Å². The number of nitriles is 1. The number of aromatic nitrogens is 1. The third-order valence-corrected chi connectivity index (χ3v) is 4.01. The summed E-state index contributed by atoms with van der Waals surface area (Å²) in [5.74, 6) is -0.163. The predicted octanol–water partition coefficient (Wildman–Crippen LogP) is 2.09. The molecule has 0 aliphatic carbocycles. The molecule has 0 spiro atoms. The fraction of sp³-hybridized carbons (Fsp3) is 0.0625. The summed E-state index contributed by atoms with van der Waals surface area (Å²) in [7, 11) is -4.31. The largest absolute Gasteiger partial charge is 0.345 e. The Labute approximate surface area is 144 Å². The standard InChI is InChI=1S/C16H14N4O4S/c1-11-3-2-8-18-15(11)19-10-12(9-17)16(21)20-13-4-6-14(7-5-13)25(22,23)24/h2-8,10H,1H3,(H,18,19)(H,20,21)(H,22,23,24)/b12-10-. The maximum absolute atomic E-state index is 12.1. The highest BCUT2D eigenvalue weighted by Gasteiger charge is 2.12. The molecule has 0 atom stereocenters. The van der Waals surface area contributed by atoms with E-state index in [1.165, 1.54) is 18.3 Å². The van der Waals surface area contributed by atoms with Crippen LogP contribution in [0.25, 0.3) is 0 Å². The summed E-state index contributed by atoms with van der Waals surface area (Å²) in [6.07, 6.45) is 2.81. The topological polar surface area (TPSA) is 132 Å². The van der Waals surface area contributed by atoms with Gasteiger partial charge in [0.15, 0.2) is 0 Å². The minimum absolute atomic E-state index is 0.191. The number of hydrogen-bond acceptors (Lipinski definition) is 6. The highest BCUT2D eigenvalue weighted by molar-refractivity contribution is 7.85. The number of nitrogens with one attached hydrogen (secondary N) is 2. The van der Waals surface area contributed by atoms with Crippen LogP contribution in [0.2, 0.25) is 0 Å². The fourth-order valence-electron chi connectivity index (χ4n) is 1.83. The summed E-state index contributed by atoms with van der Waals surface area (Å²) in [5.41, 5.74) is 0.925. The van der Waals surface area contributed by atoms with Gasteiger partial charge in [-0.2, -0.15) is 13.7 Å². The van der Waals surface area contributed by atoms with Crippen molar-refractivity contribution in [3.8, 4) is 6.07 Å². The van der Waals surface area contributed by atoms with Gasteiger partial charge in [0, 0.05) is 18.1 Å². The molecule has 3 N–H and O–H groups in total. The van der Waals surface area contributed by atoms with Gasteiger partial charge in [-0.05, 0) is 42.8 Å². The molecule has 1 aromatic heterocycles. The molecule has 0 fully saturated rings. The predicted molar refractivity (Wildman–Crippen MR) is 91.2 cm³/mol. The van der Waals surface area contributed by atoms with Gasteiger partial charge in [0.2, 0.25) is 0 Å². The van der Waals surface area contributed by atoms with Crippen LogP contribution in [0, 0.1) is 18.3 Å². The lowest BCUT2D eigenvalue weighted by Gasteiger charge is -2.06. The molecule has 9 heteroatoms. The number of amides is 1. The first-order valence-electron chi connectivity index (χ1n) is 6.98. The molecule has 0 aliphatic rings. The Morgan fingerprint density at radius 1 is 1.28 bits per heavy atom. The number of carbonyl (C=O) groups is 1. The normalized spacial score (nSPS) is 11.5. The number of benzene rings is 1. The molecule has 2 rings (SSSR count). The molecule has 1 aromatic carbocycles. The lowest BCUT2D eigenvalue weighted by Crippen LogP contribution is -2.14. The smallest absolute Gasteiger partial charge is 0.294 e. The molecule has 0 bridgehead atoms. The van der Waals surface area contributed by atoms with Crippen LogP contribution in [0.5, 0.6) is 0 Å². The molecule has 0 saturated carbocycles. The van der Waals surface area contributed by atoms with Crippen LogP contribution in [-0.2, 0) is 14.9 Å². The Bertz CT molecular complexity index is 960. The highest BCUT2D eigenvalue weighted by Crippen LogP contribution is 2.15. The van der Waals surface area contributed by atoms with E-state index in [4.69, 9.17) is 9.81 Å². The lowest BCUT2D eigenvalue weighted by molar-refractivity contribution is -0.112. The first kappa shape index (κ1) is 18.1. The van der Waals surface area contributed by atoms with Crippen molar-refractivity contribution in [3.63, 3.8) is 0 Å². The van der Waals surface area contributed by atoms with Crippen molar-refractivity contribution in [3.05, 3.63) is 59.9 Å². The zero-order valence-electron chi connectivity index (χ0n) is 13.1. The molecule has 0 unspecified atom stereocenters. The van der Waals surface area contributed by atoms with Gasteiger partial charge in [-0.25, -0.2) is 4.98 Å². The van der Waals surface area contributed by atoms with Crippen molar-refractivity contribution in [1.29, 1.82) is 5.26 Å². The summed E-state index contributed by atoms with van der Waals surface area (Å²) >= 11 is 0. The van der Waals surface area contributed by atoms with E-state index < -0.39 is 16.0 Å². The number of pyridine rings is 1. The third-order valence-electron chi connectivity index (χ3n) is 3.14. The zero-order valence-corrected chi connectivity index (χ0v) is 13.9. The number of carbonyl (C=O) groups excluding carboxylic acids is 1. The van der Waals surface area contributed by atoms with Crippen molar-refractivity contribution in [2.24, 2.45) is 0 Å². The molecule has 128 valence electrons. The van der Waals surface area contributed by atoms with E-state index in [1.54, 1.807) is 18.3 Å². The van der Waals surface area contributed by atoms with Crippen molar-refractivity contribution in [2.45, 2.75) is 11.8 Å². The molecular formula is C16H14N4O4S. The van der Waals surface area contributed by atoms with Gasteiger partial charge in [0.1, 0.15) is 17.5 Å². The minimum atomic E-state index is -4.31. The number of anilines is 2. The summed E-state index contributed by atoms with van der Waals surface area (Å²) < 4.78 is 30.8.